The molecule has 0 aromatic heterocycles. The third-order valence-corrected chi connectivity index (χ3v) is 4.70. The lowest BCUT2D eigenvalue weighted by Gasteiger charge is -2.41. The zero-order valence-corrected chi connectivity index (χ0v) is 12.4. The van der Waals surface area contributed by atoms with Crippen LogP contribution in [0, 0.1) is 11.8 Å². The van der Waals surface area contributed by atoms with Gasteiger partial charge in [0.15, 0.2) is 0 Å². The summed E-state index contributed by atoms with van der Waals surface area (Å²) in [6.07, 6.45) is 5.85. The van der Waals surface area contributed by atoms with Crippen LogP contribution in [0.2, 0.25) is 0 Å². The van der Waals surface area contributed by atoms with Crippen LogP contribution in [0.5, 0.6) is 0 Å². The van der Waals surface area contributed by atoms with Crippen molar-refractivity contribution in [2.45, 2.75) is 58.5 Å². The molecule has 0 bridgehead atoms. The lowest BCUT2D eigenvalue weighted by atomic mass is 9.82. The number of halogens is 1. The predicted octanol–water partition coefficient (Wildman–Crippen LogP) is 2.92. The van der Waals surface area contributed by atoms with Crippen molar-refractivity contribution in [1.29, 1.82) is 0 Å². The average molecular weight is 261 g/mol. The van der Waals surface area contributed by atoms with E-state index in [0.29, 0.717) is 12.1 Å². The minimum atomic E-state index is 0. The highest BCUT2D eigenvalue weighted by molar-refractivity contribution is 5.85. The summed E-state index contributed by atoms with van der Waals surface area (Å²) in [6.45, 7) is 10.9. The molecule has 0 amide bonds. The second kappa shape index (κ2) is 6.96. The van der Waals surface area contributed by atoms with Gasteiger partial charge in [-0.05, 0) is 38.5 Å². The quantitative estimate of drug-likeness (QED) is 0.821. The fourth-order valence-corrected chi connectivity index (χ4v) is 3.44. The fraction of sp³-hybridized carbons (Fsp3) is 1.00. The Bertz CT molecular complexity index is 222. The molecule has 102 valence electrons. The molecule has 2 nitrogen and oxygen atoms in total. The van der Waals surface area contributed by atoms with Crippen molar-refractivity contribution in [3.05, 3.63) is 0 Å². The van der Waals surface area contributed by atoms with E-state index in [1.807, 2.05) is 0 Å². The molecule has 1 N–H and O–H groups in total. The Kier molecular flexibility index (Phi) is 6.25. The van der Waals surface area contributed by atoms with Gasteiger partial charge in [-0.1, -0.05) is 19.8 Å². The van der Waals surface area contributed by atoms with Gasteiger partial charge >= 0.3 is 0 Å². The maximum Gasteiger partial charge on any atom is 0.0219 e. The Balaban J connectivity index is 0.00000144. The first-order chi connectivity index (χ1) is 7.66. The topological polar surface area (TPSA) is 15.3 Å². The zero-order chi connectivity index (χ0) is 11.5. The maximum atomic E-state index is 3.57. The van der Waals surface area contributed by atoms with Crippen LogP contribution in [0.25, 0.3) is 0 Å². The van der Waals surface area contributed by atoms with E-state index < -0.39 is 0 Å². The highest BCUT2D eigenvalue weighted by Crippen LogP contribution is 2.29. The molecular formula is C14H29ClN2. The number of rotatable bonds is 2. The van der Waals surface area contributed by atoms with E-state index in [1.54, 1.807) is 0 Å². The molecule has 2 rings (SSSR count). The first-order valence-electron chi connectivity index (χ1n) is 7.14. The molecule has 1 saturated carbocycles. The van der Waals surface area contributed by atoms with E-state index in [9.17, 15) is 0 Å². The highest BCUT2D eigenvalue weighted by Gasteiger charge is 2.27. The Hall–Kier alpha value is 0.210. The molecule has 1 heterocycles. The number of hydrogen-bond acceptors (Lipinski definition) is 2. The monoisotopic (exact) mass is 260 g/mol. The van der Waals surface area contributed by atoms with Crippen LogP contribution in [-0.2, 0) is 0 Å². The van der Waals surface area contributed by atoms with Gasteiger partial charge in [0.05, 0.1) is 0 Å². The summed E-state index contributed by atoms with van der Waals surface area (Å²) in [5.74, 6) is 1.94. The Labute approximate surface area is 113 Å². The van der Waals surface area contributed by atoms with Gasteiger partial charge in [0.25, 0.3) is 0 Å². The molecule has 4 unspecified atom stereocenters. The predicted molar refractivity (Wildman–Crippen MR) is 76.9 cm³/mol. The summed E-state index contributed by atoms with van der Waals surface area (Å²) < 4.78 is 0. The molecule has 2 aliphatic rings. The van der Waals surface area contributed by atoms with Crippen molar-refractivity contribution < 1.29 is 0 Å². The largest absolute Gasteiger partial charge is 0.311 e. The Morgan fingerprint density at radius 3 is 2.65 bits per heavy atom. The van der Waals surface area contributed by atoms with Crippen molar-refractivity contribution in [1.82, 2.24) is 10.2 Å². The number of nitrogens with one attached hydrogen (secondary N) is 1. The van der Waals surface area contributed by atoms with Crippen LogP contribution in [0.4, 0.5) is 0 Å². The summed E-state index contributed by atoms with van der Waals surface area (Å²) in [5.41, 5.74) is 0. The molecule has 0 radical (unpaired) electrons. The van der Waals surface area contributed by atoms with Crippen molar-refractivity contribution in [2.24, 2.45) is 11.8 Å². The molecule has 1 saturated heterocycles. The second-order valence-corrected chi connectivity index (χ2v) is 6.12. The minimum Gasteiger partial charge on any atom is -0.311 e. The fourth-order valence-electron chi connectivity index (χ4n) is 3.44. The smallest absolute Gasteiger partial charge is 0.0219 e. The summed E-state index contributed by atoms with van der Waals surface area (Å²) in [4.78, 5) is 2.71. The van der Waals surface area contributed by atoms with Crippen molar-refractivity contribution in [3.8, 4) is 0 Å². The molecule has 0 aromatic rings. The molecule has 1 aliphatic carbocycles. The van der Waals surface area contributed by atoms with E-state index in [2.05, 4.69) is 31.0 Å². The zero-order valence-electron chi connectivity index (χ0n) is 11.6. The molecule has 0 spiro atoms. The van der Waals surface area contributed by atoms with Crippen molar-refractivity contribution in [3.63, 3.8) is 0 Å². The summed E-state index contributed by atoms with van der Waals surface area (Å²) in [6, 6.07) is 1.38. The molecule has 1 aliphatic heterocycles. The van der Waals surface area contributed by atoms with Crippen LogP contribution in [0.1, 0.15) is 46.5 Å². The lowest BCUT2D eigenvalue weighted by molar-refractivity contribution is 0.0995. The first-order valence-corrected chi connectivity index (χ1v) is 7.14. The van der Waals surface area contributed by atoms with E-state index in [0.717, 1.165) is 11.8 Å². The van der Waals surface area contributed by atoms with E-state index in [1.165, 1.54) is 45.3 Å². The van der Waals surface area contributed by atoms with Crippen LogP contribution < -0.4 is 5.32 Å². The van der Waals surface area contributed by atoms with Gasteiger partial charge in [-0.2, -0.15) is 0 Å². The van der Waals surface area contributed by atoms with Crippen LogP contribution >= 0.6 is 12.4 Å². The average Bonchev–Trinajstić information content (AvgIpc) is 2.25. The van der Waals surface area contributed by atoms with Gasteiger partial charge in [0.2, 0.25) is 0 Å². The highest BCUT2D eigenvalue weighted by atomic mass is 35.5. The SMILES string of the molecule is CC1CCCC(CN2CCNC(C)C2C)C1.Cl. The second-order valence-electron chi connectivity index (χ2n) is 6.12. The maximum absolute atomic E-state index is 3.57. The first kappa shape index (κ1) is 15.3. The Morgan fingerprint density at radius 1 is 1.18 bits per heavy atom. The van der Waals surface area contributed by atoms with Crippen LogP contribution in [0.15, 0.2) is 0 Å². The van der Waals surface area contributed by atoms with Gasteiger partial charge in [-0.15, -0.1) is 12.4 Å². The van der Waals surface area contributed by atoms with Gasteiger partial charge in [-0.3, -0.25) is 4.90 Å². The number of piperazine rings is 1. The minimum absolute atomic E-state index is 0. The van der Waals surface area contributed by atoms with Crippen LogP contribution in [-0.4, -0.2) is 36.6 Å². The summed E-state index contributed by atoms with van der Waals surface area (Å²) in [7, 11) is 0. The lowest BCUT2D eigenvalue weighted by Crippen LogP contribution is -2.56. The number of hydrogen-bond donors (Lipinski definition) is 1. The molecule has 2 fully saturated rings. The van der Waals surface area contributed by atoms with Gasteiger partial charge in [0.1, 0.15) is 0 Å². The molecular weight excluding hydrogens is 232 g/mol. The van der Waals surface area contributed by atoms with Gasteiger partial charge in [0, 0.05) is 31.7 Å². The van der Waals surface area contributed by atoms with Gasteiger partial charge < -0.3 is 5.32 Å². The molecule has 0 aromatic carbocycles. The Morgan fingerprint density at radius 2 is 1.94 bits per heavy atom. The van der Waals surface area contributed by atoms with Gasteiger partial charge in [-0.25, -0.2) is 0 Å². The molecule has 17 heavy (non-hydrogen) atoms. The standard InChI is InChI=1S/C14H28N2.ClH/c1-11-5-4-6-14(9-11)10-16-8-7-15-12(2)13(16)3;/h11-15H,4-10H2,1-3H3;1H. The third kappa shape index (κ3) is 4.11. The summed E-state index contributed by atoms with van der Waals surface area (Å²) in [5, 5.41) is 3.57. The third-order valence-electron chi connectivity index (χ3n) is 4.70. The van der Waals surface area contributed by atoms with E-state index in [4.69, 9.17) is 0 Å². The van der Waals surface area contributed by atoms with Crippen molar-refractivity contribution >= 4 is 12.4 Å². The molecule has 3 heteroatoms. The summed E-state index contributed by atoms with van der Waals surface area (Å²) >= 11 is 0. The van der Waals surface area contributed by atoms with Crippen LogP contribution in [0.3, 0.4) is 0 Å². The van der Waals surface area contributed by atoms with E-state index in [-0.39, 0.29) is 12.4 Å². The normalized spacial score (nSPS) is 39.7. The van der Waals surface area contributed by atoms with Crippen molar-refractivity contribution in [2.75, 3.05) is 19.6 Å². The number of nitrogens with zero attached hydrogens (tertiary/aromatic N) is 1. The molecule has 4 atom stereocenters. The van der Waals surface area contributed by atoms with E-state index >= 15 is 0 Å².